The van der Waals surface area contributed by atoms with E-state index in [0.717, 1.165) is 0 Å². The van der Waals surface area contributed by atoms with E-state index < -0.39 is 24.9 Å². The third kappa shape index (κ3) is 1.87. The fourth-order valence-electron chi connectivity index (χ4n) is 0.650. The molecule has 0 aliphatic carbocycles. The molecule has 3 nitrogen and oxygen atoms in total. The number of alkyl halides is 5. The molecule has 12 heavy (non-hydrogen) atoms. The van der Waals surface area contributed by atoms with E-state index in [9.17, 15) is 22.0 Å². The van der Waals surface area contributed by atoms with E-state index in [4.69, 9.17) is 0 Å². The molecule has 1 N–H and O–H groups in total. The van der Waals surface area contributed by atoms with Crippen molar-refractivity contribution in [2.24, 2.45) is 10.2 Å². The van der Waals surface area contributed by atoms with Crippen LogP contribution in [-0.2, 0) is 0 Å². The largest absolute Gasteiger partial charge is 0.426 e. The summed E-state index contributed by atoms with van der Waals surface area (Å²) in [5, 5.41) is 6.87. The van der Waals surface area contributed by atoms with Gasteiger partial charge in [0.15, 0.2) is 6.17 Å². The summed E-state index contributed by atoms with van der Waals surface area (Å²) in [7, 11) is 0. The number of hydrogen-bond acceptors (Lipinski definition) is 3. The number of hydrogen-bond donors (Lipinski definition) is 1. The van der Waals surface area contributed by atoms with Crippen molar-refractivity contribution in [3.8, 4) is 0 Å². The average Bonchev–Trinajstić information content (AvgIpc) is 2.30. The van der Waals surface area contributed by atoms with Crippen LogP contribution in [0.3, 0.4) is 0 Å². The molecule has 0 fully saturated rings. The molecule has 2 atom stereocenters. The Hall–Kier alpha value is -0.790. The van der Waals surface area contributed by atoms with Crippen molar-refractivity contribution in [3.05, 3.63) is 0 Å². The zero-order chi connectivity index (χ0) is 9.35. The van der Waals surface area contributed by atoms with Crippen LogP contribution in [0.4, 0.5) is 22.0 Å². The average molecular weight is 189 g/mol. The standard InChI is InChI=1S/C4H4F5N3/c5-1(6)2-10-3(12-11-2)4(7,8)9/h1-3,10H. The van der Waals surface area contributed by atoms with Crippen molar-refractivity contribution in [3.63, 3.8) is 0 Å². The lowest BCUT2D eigenvalue weighted by atomic mass is 10.4. The predicted molar refractivity (Wildman–Crippen MR) is 27.6 cm³/mol. The van der Waals surface area contributed by atoms with Gasteiger partial charge in [-0.1, -0.05) is 0 Å². The minimum atomic E-state index is -4.66. The minimum Gasteiger partial charge on any atom is -0.258 e. The molecule has 8 heteroatoms. The number of nitrogens with zero attached hydrogens (tertiary/aromatic N) is 2. The maximum Gasteiger partial charge on any atom is 0.426 e. The number of nitrogens with one attached hydrogen (secondary N) is 1. The molecule has 0 radical (unpaired) electrons. The van der Waals surface area contributed by atoms with Gasteiger partial charge in [-0.15, -0.1) is 0 Å². The zero-order valence-corrected chi connectivity index (χ0v) is 5.52. The molecule has 0 bridgehead atoms. The van der Waals surface area contributed by atoms with Crippen LogP contribution < -0.4 is 5.32 Å². The highest BCUT2D eigenvalue weighted by atomic mass is 19.4. The van der Waals surface area contributed by atoms with Gasteiger partial charge in [-0.25, -0.2) is 8.78 Å². The quantitative estimate of drug-likeness (QED) is 0.624. The van der Waals surface area contributed by atoms with Gasteiger partial charge in [0.05, 0.1) is 0 Å². The highest BCUT2D eigenvalue weighted by molar-refractivity contribution is 4.82. The molecule has 0 saturated heterocycles. The van der Waals surface area contributed by atoms with E-state index in [0.29, 0.717) is 0 Å². The van der Waals surface area contributed by atoms with Gasteiger partial charge in [-0.3, -0.25) is 5.32 Å². The van der Waals surface area contributed by atoms with E-state index in [1.807, 2.05) is 0 Å². The van der Waals surface area contributed by atoms with Gasteiger partial charge in [0.2, 0.25) is 6.17 Å². The van der Waals surface area contributed by atoms with Crippen LogP contribution in [0.1, 0.15) is 0 Å². The fourth-order valence-corrected chi connectivity index (χ4v) is 0.650. The van der Waals surface area contributed by atoms with Gasteiger partial charge >= 0.3 is 6.18 Å². The third-order valence-corrected chi connectivity index (χ3v) is 1.18. The number of azo groups is 1. The first-order chi connectivity index (χ1) is 5.41. The lowest BCUT2D eigenvalue weighted by Gasteiger charge is -2.12. The first-order valence-electron chi connectivity index (χ1n) is 2.92. The first-order valence-corrected chi connectivity index (χ1v) is 2.92. The van der Waals surface area contributed by atoms with Gasteiger partial charge in [0.25, 0.3) is 6.43 Å². The van der Waals surface area contributed by atoms with Crippen LogP contribution in [0, 0.1) is 0 Å². The van der Waals surface area contributed by atoms with Crippen molar-refractivity contribution in [1.82, 2.24) is 5.32 Å². The molecule has 0 aromatic carbocycles. The van der Waals surface area contributed by atoms with Crippen LogP contribution >= 0.6 is 0 Å². The Balaban J connectivity index is 2.54. The summed E-state index contributed by atoms with van der Waals surface area (Å²) in [4.78, 5) is 0. The van der Waals surface area contributed by atoms with E-state index in [1.54, 1.807) is 0 Å². The van der Waals surface area contributed by atoms with E-state index in [1.165, 1.54) is 5.32 Å². The molecular formula is C4H4F5N3. The van der Waals surface area contributed by atoms with Gasteiger partial charge in [0.1, 0.15) is 0 Å². The van der Waals surface area contributed by atoms with Crippen LogP contribution in [0.5, 0.6) is 0 Å². The Morgan fingerprint density at radius 3 is 2.00 bits per heavy atom. The second kappa shape index (κ2) is 2.92. The molecule has 1 rings (SSSR count). The predicted octanol–water partition coefficient (Wildman–Crippen LogP) is 1.52. The first kappa shape index (κ1) is 9.30. The zero-order valence-electron chi connectivity index (χ0n) is 5.52. The van der Waals surface area contributed by atoms with E-state index in [-0.39, 0.29) is 0 Å². The van der Waals surface area contributed by atoms with Crippen LogP contribution in [-0.4, -0.2) is 24.9 Å². The van der Waals surface area contributed by atoms with Gasteiger partial charge in [-0.2, -0.15) is 23.4 Å². The molecule has 0 aromatic heterocycles. The Labute approximate surface area is 63.7 Å². The molecule has 70 valence electrons. The van der Waals surface area contributed by atoms with Gasteiger partial charge in [-0.05, 0) is 0 Å². The lowest BCUT2D eigenvalue weighted by molar-refractivity contribution is -0.153. The van der Waals surface area contributed by atoms with Gasteiger partial charge < -0.3 is 0 Å². The number of halogens is 5. The van der Waals surface area contributed by atoms with Crippen molar-refractivity contribution < 1.29 is 22.0 Å². The number of rotatable bonds is 1. The summed E-state index contributed by atoms with van der Waals surface area (Å²) >= 11 is 0. The highest BCUT2D eigenvalue weighted by Crippen LogP contribution is 2.25. The van der Waals surface area contributed by atoms with Crippen molar-refractivity contribution >= 4 is 0 Å². The van der Waals surface area contributed by atoms with Crippen molar-refractivity contribution in [1.29, 1.82) is 0 Å². The molecule has 0 amide bonds. The SMILES string of the molecule is FC(F)C1N=NC(C(F)(F)F)N1. The Morgan fingerprint density at radius 2 is 1.75 bits per heavy atom. The second-order valence-corrected chi connectivity index (χ2v) is 2.12. The van der Waals surface area contributed by atoms with E-state index >= 15 is 0 Å². The molecule has 1 heterocycles. The molecule has 1 aliphatic rings. The molecule has 0 saturated carbocycles. The summed E-state index contributed by atoms with van der Waals surface area (Å²) < 4.78 is 58.6. The maximum atomic E-state index is 11.7. The summed E-state index contributed by atoms with van der Waals surface area (Å²) in [6, 6.07) is 0. The third-order valence-electron chi connectivity index (χ3n) is 1.18. The van der Waals surface area contributed by atoms with Crippen LogP contribution in [0.2, 0.25) is 0 Å². The summed E-state index contributed by atoms with van der Waals surface area (Å²) in [5.41, 5.74) is 0. The molecular weight excluding hydrogens is 185 g/mol. The minimum absolute atomic E-state index is 1.52. The topological polar surface area (TPSA) is 36.8 Å². The maximum absolute atomic E-state index is 11.7. The molecule has 0 spiro atoms. The normalized spacial score (nSPS) is 30.2. The second-order valence-electron chi connectivity index (χ2n) is 2.12. The van der Waals surface area contributed by atoms with Crippen molar-refractivity contribution in [2.75, 3.05) is 0 Å². The Morgan fingerprint density at radius 1 is 1.17 bits per heavy atom. The fraction of sp³-hybridized carbons (Fsp3) is 1.00. The summed E-state index contributed by atoms with van der Waals surface area (Å²) in [6.07, 6.45) is -11.8. The summed E-state index contributed by atoms with van der Waals surface area (Å²) in [5.74, 6) is 0. The lowest BCUT2D eigenvalue weighted by Crippen LogP contribution is -2.43. The van der Waals surface area contributed by atoms with E-state index in [2.05, 4.69) is 10.2 Å². The molecule has 0 aromatic rings. The monoisotopic (exact) mass is 189 g/mol. The molecule has 1 aliphatic heterocycles. The molecule has 2 unspecified atom stereocenters. The van der Waals surface area contributed by atoms with Crippen molar-refractivity contribution in [2.45, 2.75) is 24.9 Å². The Kier molecular flexibility index (Phi) is 2.27. The smallest absolute Gasteiger partial charge is 0.258 e. The van der Waals surface area contributed by atoms with Crippen LogP contribution in [0.15, 0.2) is 10.2 Å². The Bertz CT molecular complexity index is 188. The summed E-state index contributed by atoms with van der Waals surface area (Å²) in [6.45, 7) is 0. The van der Waals surface area contributed by atoms with Gasteiger partial charge in [0, 0.05) is 0 Å². The highest BCUT2D eigenvalue weighted by Gasteiger charge is 2.45. The van der Waals surface area contributed by atoms with Crippen LogP contribution in [0.25, 0.3) is 0 Å².